The van der Waals surface area contributed by atoms with Gasteiger partial charge in [-0.1, -0.05) is 20.8 Å². The zero-order valence-corrected chi connectivity index (χ0v) is 12.1. The van der Waals surface area contributed by atoms with Gasteiger partial charge in [-0.2, -0.15) is 0 Å². The molecule has 2 atom stereocenters. The summed E-state index contributed by atoms with van der Waals surface area (Å²) in [4.78, 5) is 13.9. The number of hydrogen-bond donors (Lipinski definition) is 2. The van der Waals surface area contributed by atoms with E-state index in [-0.39, 0.29) is 11.9 Å². The number of amides is 1. The van der Waals surface area contributed by atoms with Crippen molar-refractivity contribution in [3.63, 3.8) is 0 Å². The van der Waals surface area contributed by atoms with Crippen LogP contribution in [0.1, 0.15) is 46.5 Å². The normalized spacial score (nSPS) is 22.6. The molecule has 0 bridgehead atoms. The van der Waals surface area contributed by atoms with E-state index in [1.165, 1.54) is 19.4 Å². The molecule has 0 spiro atoms. The van der Waals surface area contributed by atoms with Crippen LogP contribution in [0, 0.1) is 5.92 Å². The van der Waals surface area contributed by atoms with Gasteiger partial charge in [0.25, 0.3) is 0 Å². The van der Waals surface area contributed by atoms with Crippen molar-refractivity contribution in [2.45, 2.75) is 58.5 Å². The minimum Gasteiger partial charge on any atom is -0.368 e. The fourth-order valence-electron chi connectivity index (χ4n) is 2.84. The van der Waals surface area contributed by atoms with Crippen molar-refractivity contribution in [3.8, 4) is 0 Å². The predicted octanol–water partition coefficient (Wildman–Crippen LogP) is 1.35. The van der Waals surface area contributed by atoms with Gasteiger partial charge < -0.3 is 16.0 Å². The second kappa shape index (κ2) is 7.74. The van der Waals surface area contributed by atoms with Gasteiger partial charge in [0, 0.05) is 12.6 Å². The third-order valence-electron chi connectivity index (χ3n) is 3.87. The highest BCUT2D eigenvalue weighted by atomic mass is 16.1. The van der Waals surface area contributed by atoms with Crippen molar-refractivity contribution < 1.29 is 4.79 Å². The molecule has 0 radical (unpaired) electrons. The Labute approximate surface area is 111 Å². The maximum atomic E-state index is 11.4. The standard InChI is InChI=1S/C14H29N3O/c1-4-8-16-12(14(15)18)7-10-17-9-5-6-13(17)11(2)3/h11-13,16H,4-10H2,1-3H3,(H2,15,18). The van der Waals surface area contributed by atoms with Gasteiger partial charge in [0.2, 0.25) is 5.91 Å². The smallest absolute Gasteiger partial charge is 0.234 e. The summed E-state index contributed by atoms with van der Waals surface area (Å²) in [6.07, 6.45) is 4.44. The van der Waals surface area contributed by atoms with Gasteiger partial charge in [0.15, 0.2) is 0 Å². The fourth-order valence-corrected chi connectivity index (χ4v) is 2.84. The van der Waals surface area contributed by atoms with E-state index in [0.29, 0.717) is 12.0 Å². The van der Waals surface area contributed by atoms with Crippen LogP contribution in [0.5, 0.6) is 0 Å². The first-order valence-corrected chi connectivity index (χ1v) is 7.33. The first-order chi connectivity index (χ1) is 8.56. The van der Waals surface area contributed by atoms with Crippen LogP contribution in [0.2, 0.25) is 0 Å². The summed E-state index contributed by atoms with van der Waals surface area (Å²) in [5, 5.41) is 3.24. The van der Waals surface area contributed by atoms with Crippen molar-refractivity contribution in [2.24, 2.45) is 11.7 Å². The molecule has 1 aliphatic heterocycles. The third kappa shape index (κ3) is 4.58. The van der Waals surface area contributed by atoms with E-state index < -0.39 is 0 Å². The van der Waals surface area contributed by atoms with Gasteiger partial charge in [-0.25, -0.2) is 0 Å². The van der Waals surface area contributed by atoms with Gasteiger partial charge in [-0.3, -0.25) is 4.79 Å². The first-order valence-electron chi connectivity index (χ1n) is 7.33. The number of nitrogens with two attached hydrogens (primary N) is 1. The van der Waals surface area contributed by atoms with Crippen molar-refractivity contribution in [3.05, 3.63) is 0 Å². The molecule has 1 fully saturated rings. The highest BCUT2D eigenvalue weighted by Crippen LogP contribution is 2.23. The topological polar surface area (TPSA) is 58.4 Å². The van der Waals surface area contributed by atoms with E-state index in [0.717, 1.165) is 25.9 Å². The van der Waals surface area contributed by atoms with Crippen LogP contribution in [-0.4, -0.2) is 42.5 Å². The molecular weight excluding hydrogens is 226 g/mol. The molecule has 1 heterocycles. The second-order valence-electron chi connectivity index (χ2n) is 5.69. The molecule has 0 aliphatic carbocycles. The van der Waals surface area contributed by atoms with Crippen LogP contribution >= 0.6 is 0 Å². The minimum absolute atomic E-state index is 0.168. The molecule has 1 aliphatic rings. The molecular formula is C14H29N3O. The molecule has 0 aromatic rings. The number of hydrogen-bond acceptors (Lipinski definition) is 3. The molecule has 0 aromatic carbocycles. The molecule has 1 rings (SSSR count). The number of carbonyl (C=O) groups excluding carboxylic acids is 1. The van der Waals surface area contributed by atoms with E-state index in [1.54, 1.807) is 0 Å². The van der Waals surface area contributed by atoms with Gasteiger partial charge in [-0.05, 0) is 44.7 Å². The largest absolute Gasteiger partial charge is 0.368 e. The molecule has 4 nitrogen and oxygen atoms in total. The van der Waals surface area contributed by atoms with Crippen molar-refractivity contribution in [1.82, 2.24) is 10.2 Å². The summed E-state index contributed by atoms with van der Waals surface area (Å²) in [5.41, 5.74) is 5.44. The molecule has 18 heavy (non-hydrogen) atoms. The third-order valence-corrected chi connectivity index (χ3v) is 3.87. The van der Waals surface area contributed by atoms with Crippen molar-refractivity contribution in [1.29, 1.82) is 0 Å². The summed E-state index contributed by atoms with van der Waals surface area (Å²) < 4.78 is 0. The van der Waals surface area contributed by atoms with E-state index >= 15 is 0 Å². The fraction of sp³-hybridized carbons (Fsp3) is 0.929. The summed E-state index contributed by atoms with van der Waals surface area (Å²) in [6.45, 7) is 9.67. The number of rotatable bonds is 8. The zero-order valence-electron chi connectivity index (χ0n) is 12.1. The lowest BCUT2D eigenvalue weighted by Crippen LogP contribution is -2.45. The van der Waals surface area contributed by atoms with E-state index in [1.807, 2.05) is 0 Å². The average Bonchev–Trinajstić information content (AvgIpc) is 2.77. The Bertz CT molecular complexity index is 255. The Kier molecular flexibility index (Phi) is 6.65. The maximum Gasteiger partial charge on any atom is 0.234 e. The zero-order chi connectivity index (χ0) is 13.5. The van der Waals surface area contributed by atoms with Crippen LogP contribution < -0.4 is 11.1 Å². The predicted molar refractivity (Wildman–Crippen MR) is 75.3 cm³/mol. The van der Waals surface area contributed by atoms with E-state index in [2.05, 4.69) is 31.0 Å². The Hall–Kier alpha value is -0.610. The molecule has 1 amide bonds. The number of carbonyl (C=O) groups is 1. The first kappa shape index (κ1) is 15.4. The van der Waals surface area contributed by atoms with Crippen LogP contribution in [0.3, 0.4) is 0 Å². The van der Waals surface area contributed by atoms with Crippen LogP contribution in [-0.2, 0) is 4.79 Å². The van der Waals surface area contributed by atoms with Crippen LogP contribution in [0.4, 0.5) is 0 Å². The lowest BCUT2D eigenvalue weighted by atomic mass is 10.0. The molecule has 106 valence electrons. The molecule has 4 heteroatoms. The molecule has 0 saturated carbocycles. The highest BCUT2D eigenvalue weighted by molar-refractivity contribution is 5.79. The highest BCUT2D eigenvalue weighted by Gasteiger charge is 2.27. The average molecular weight is 255 g/mol. The Balaban J connectivity index is 2.39. The van der Waals surface area contributed by atoms with Gasteiger partial charge >= 0.3 is 0 Å². The van der Waals surface area contributed by atoms with Crippen LogP contribution in [0.25, 0.3) is 0 Å². The lowest BCUT2D eigenvalue weighted by molar-refractivity contribution is -0.120. The van der Waals surface area contributed by atoms with Crippen molar-refractivity contribution in [2.75, 3.05) is 19.6 Å². The Morgan fingerprint density at radius 2 is 2.22 bits per heavy atom. The summed E-state index contributed by atoms with van der Waals surface area (Å²) in [7, 11) is 0. The Morgan fingerprint density at radius 1 is 1.50 bits per heavy atom. The van der Waals surface area contributed by atoms with Gasteiger partial charge in [0.05, 0.1) is 6.04 Å². The molecule has 2 unspecified atom stereocenters. The van der Waals surface area contributed by atoms with Crippen LogP contribution in [0.15, 0.2) is 0 Å². The lowest BCUT2D eigenvalue weighted by Gasteiger charge is -2.28. The molecule has 3 N–H and O–H groups in total. The van der Waals surface area contributed by atoms with E-state index in [9.17, 15) is 4.79 Å². The summed E-state index contributed by atoms with van der Waals surface area (Å²) >= 11 is 0. The second-order valence-corrected chi connectivity index (χ2v) is 5.69. The Morgan fingerprint density at radius 3 is 2.78 bits per heavy atom. The molecule has 0 aromatic heterocycles. The number of primary amides is 1. The summed E-state index contributed by atoms with van der Waals surface area (Å²) in [6, 6.07) is 0.517. The van der Waals surface area contributed by atoms with Gasteiger partial charge in [0.1, 0.15) is 0 Å². The van der Waals surface area contributed by atoms with Crippen molar-refractivity contribution >= 4 is 5.91 Å². The van der Waals surface area contributed by atoms with Gasteiger partial charge in [-0.15, -0.1) is 0 Å². The summed E-state index contributed by atoms with van der Waals surface area (Å²) in [5.74, 6) is 0.479. The number of likely N-dealkylation sites (tertiary alicyclic amines) is 1. The monoisotopic (exact) mass is 255 g/mol. The number of nitrogens with zero attached hydrogens (tertiary/aromatic N) is 1. The quantitative estimate of drug-likeness (QED) is 0.688. The maximum absolute atomic E-state index is 11.4. The van der Waals surface area contributed by atoms with E-state index in [4.69, 9.17) is 5.73 Å². The SMILES string of the molecule is CCCNC(CCN1CCCC1C(C)C)C(N)=O. The minimum atomic E-state index is -0.219. The number of nitrogens with one attached hydrogen (secondary N) is 1. The molecule has 1 saturated heterocycles.